The fraction of sp³-hybridized carbons (Fsp3) is 0.556. The Morgan fingerprint density at radius 1 is 1.33 bits per heavy atom. The average molecular weight is 333 g/mol. The van der Waals surface area contributed by atoms with E-state index in [4.69, 9.17) is 4.74 Å². The first-order valence-electron chi connectivity index (χ1n) is 8.40. The average Bonchev–Trinajstić information content (AvgIpc) is 2.50. The molecule has 0 bridgehead atoms. The van der Waals surface area contributed by atoms with Crippen molar-refractivity contribution in [3.63, 3.8) is 0 Å². The van der Waals surface area contributed by atoms with Crippen molar-refractivity contribution in [3.05, 3.63) is 29.8 Å². The van der Waals surface area contributed by atoms with Crippen molar-refractivity contribution in [2.45, 2.75) is 45.2 Å². The number of carbonyl (C=O) groups is 2. The molecule has 0 spiro atoms. The molecule has 6 nitrogen and oxygen atoms in total. The van der Waals surface area contributed by atoms with E-state index in [9.17, 15) is 9.59 Å². The van der Waals surface area contributed by atoms with Gasteiger partial charge in [-0.25, -0.2) is 4.79 Å². The molecule has 0 heterocycles. The summed E-state index contributed by atoms with van der Waals surface area (Å²) in [5, 5.41) is 5.91. The number of hydrogen-bond donors (Lipinski definition) is 2. The summed E-state index contributed by atoms with van der Waals surface area (Å²) >= 11 is 0. The van der Waals surface area contributed by atoms with Crippen LogP contribution in [0.25, 0.3) is 0 Å². The second-order valence-electron chi connectivity index (χ2n) is 6.38. The highest BCUT2D eigenvalue weighted by molar-refractivity contribution is 5.90. The fourth-order valence-electron chi connectivity index (χ4n) is 3.00. The Morgan fingerprint density at radius 2 is 2.08 bits per heavy atom. The van der Waals surface area contributed by atoms with E-state index in [-0.39, 0.29) is 17.5 Å². The Hall–Kier alpha value is -2.08. The number of nitrogens with zero attached hydrogens (tertiary/aromatic N) is 1. The summed E-state index contributed by atoms with van der Waals surface area (Å²) in [5.74, 6) is 0.0418. The predicted octanol–water partition coefficient (Wildman–Crippen LogP) is 2.75. The Labute approximate surface area is 143 Å². The van der Waals surface area contributed by atoms with Crippen molar-refractivity contribution >= 4 is 17.6 Å². The molecule has 1 fully saturated rings. The molecule has 0 radical (unpaired) electrons. The summed E-state index contributed by atoms with van der Waals surface area (Å²) in [5.41, 5.74) is 1.47. The highest BCUT2D eigenvalue weighted by atomic mass is 16.5. The molecular formula is C18H27N3O3. The Balaban J connectivity index is 1.96. The first kappa shape index (κ1) is 18.3. The van der Waals surface area contributed by atoms with E-state index in [2.05, 4.69) is 10.6 Å². The molecule has 2 N–H and O–H groups in total. The van der Waals surface area contributed by atoms with Crippen molar-refractivity contribution in [3.8, 4) is 0 Å². The van der Waals surface area contributed by atoms with Gasteiger partial charge in [0, 0.05) is 32.8 Å². The standard InChI is InChI=1S/C18H27N3O3/c1-4-21(14(2)22)12-15-7-5-8-16(11-15)19-17(23)20-18(13-24-3)9-6-10-18/h5,7-8,11H,4,6,9-10,12-13H2,1-3H3,(H2,19,20,23). The van der Waals surface area contributed by atoms with E-state index in [0.29, 0.717) is 19.7 Å². The zero-order valence-electron chi connectivity index (χ0n) is 14.7. The van der Waals surface area contributed by atoms with Crippen LogP contribution in [0.5, 0.6) is 0 Å². The summed E-state index contributed by atoms with van der Waals surface area (Å²) in [6.07, 6.45) is 2.99. The quantitative estimate of drug-likeness (QED) is 0.806. The highest BCUT2D eigenvalue weighted by Crippen LogP contribution is 2.32. The van der Waals surface area contributed by atoms with E-state index >= 15 is 0 Å². The van der Waals surface area contributed by atoms with Crippen LogP contribution in [0.3, 0.4) is 0 Å². The van der Waals surface area contributed by atoms with Crippen LogP contribution in [-0.4, -0.2) is 42.6 Å². The van der Waals surface area contributed by atoms with Crippen molar-refractivity contribution in [1.29, 1.82) is 0 Å². The predicted molar refractivity (Wildman–Crippen MR) is 93.8 cm³/mol. The monoisotopic (exact) mass is 333 g/mol. The molecule has 0 saturated heterocycles. The van der Waals surface area contributed by atoms with Gasteiger partial charge < -0.3 is 20.3 Å². The number of methoxy groups -OCH3 is 1. The lowest BCUT2D eigenvalue weighted by atomic mass is 9.77. The first-order chi connectivity index (χ1) is 11.5. The molecule has 1 saturated carbocycles. The highest BCUT2D eigenvalue weighted by Gasteiger charge is 2.38. The third-order valence-electron chi connectivity index (χ3n) is 4.50. The smallest absolute Gasteiger partial charge is 0.319 e. The molecule has 132 valence electrons. The summed E-state index contributed by atoms with van der Waals surface area (Å²) in [6.45, 7) is 5.24. The lowest BCUT2D eigenvalue weighted by Gasteiger charge is -2.41. The summed E-state index contributed by atoms with van der Waals surface area (Å²) in [7, 11) is 1.65. The minimum atomic E-state index is -0.232. The van der Waals surface area contributed by atoms with Crippen LogP contribution in [0, 0.1) is 0 Å². The zero-order chi connectivity index (χ0) is 17.6. The second-order valence-corrected chi connectivity index (χ2v) is 6.38. The molecule has 2 rings (SSSR count). The van der Waals surface area contributed by atoms with Crippen molar-refractivity contribution in [2.75, 3.05) is 25.6 Å². The number of urea groups is 1. The molecule has 3 amide bonds. The topological polar surface area (TPSA) is 70.7 Å². The number of carbonyl (C=O) groups excluding carboxylic acids is 2. The molecule has 6 heteroatoms. The molecule has 1 aliphatic rings. The van der Waals surface area contributed by atoms with E-state index in [0.717, 1.165) is 30.5 Å². The van der Waals surface area contributed by atoms with Crippen LogP contribution in [0.2, 0.25) is 0 Å². The van der Waals surface area contributed by atoms with Gasteiger partial charge in [0.2, 0.25) is 5.91 Å². The molecule has 0 atom stereocenters. The van der Waals surface area contributed by atoms with Crippen LogP contribution in [-0.2, 0) is 16.1 Å². The van der Waals surface area contributed by atoms with Gasteiger partial charge >= 0.3 is 6.03 Å². The molecule has 1 aliphatic carbocycles. The number of hydrogen-bond acceptors (Lipinski definition) is 3. The van der Waals surface area contributed by atoms with Gasteiger partial charge in [-0.3, -0.25) is 4.79 Å². The molecular weight excluding hydrogens is 306 g/mol. The maximum Gasteiger partial charge on any atom is 0.319 e. The number of ether oxygens (including phenoxy) is 1. The second kappa shape index (κ2) is 8.15. The normalized spacial score (nSPS) is 15.3. The number of rotatable bonds is 7. The van der Waals surface area contributed by atoms with Crippen molar-refractivity contribution < 1.29 is 14.3 Å². The first-order valence-corrected chi connectivity index (χ1v) is 8.40. The number of nitrogens with one attached hydrogen (secondary N) is 2. The van der Waals surface area contributed by atoms with Crippen LogP contribution >= 0.6 is 0 Å². The minimum Gasteiger partial charge on any atom is -0.382 e. The number of anilines is 1. The third-order valence-corrected chi connectivity index (χ3v) is 4.50. The molecule has 0 aliphatic heterocycles. The molecule has 0 aromatic heterocycles. The molecule has 0 unspecified atom stereocenters. The van der Waals surface area contributed by atoms with Gasteiger partial charge in [-0.05, 0) is 43.9 Å². The summed E-state index contributed by atoms with van der Waals surface area (Å²) in [4.78, 5) is 25.5. The largest absolute Gasteiger partial charge is 0.382 e. The van der Waals surface area contributed by atoms with E-state index in [1.807, 2.05) is 31.2 Å². The van der Waals surface area contributed by atoms with Gasteiger partial charge in [-0.15, -0.1) is 0 Å². The van der Waals surface area contributed by atoms with Gasteiger partial charge in [0.25, 0.3) is 0 Å². The molecule has 24 heavy (non-hydrogen) atoms. The summed E-state index contributed by atoms with van der Waals surface area (Å²) in [6, 6.07) is 7.36. The van der Waals surface area contributed by atoms with Crippen LogP contribution in [0.15, 0.2) is 24.3 Å². The van der Waals surface area contributed by atoms with Crippen LogP contribution in [0.1, 0.15) is 38.7 Å². The number of benzene rings is 1. The fourth-order valence-corrected chi connectivity index (χ4v) is 3.00. The minimum absolute atomic E-state index is 0.0418. The SMILES string of the molecule is CCN(Cc1cccc(NC(=O)NC2(COC)CCC2)c1)C(C)=O. The van der Waals surface area contributed by atoms with Crippen LogP contribution < -0.4 is 10.6 Å². The summed E-state index contributed by atoms with van der Waals surface area (Å²) < 4.78 is 5.22. The zero-order valence-corrected chi connectivity index (χ0v) is 14.7. The number of amides is 3. The van der Waals surface area contributed by atoms with Gasteiger partial charge in [0.15, 0.2) is 0 Å². The van der Waals surface area contributed by atoms with E-state index < -0.39 is 0 Å². The third kappa shape index (κ3) is 4.71. The lowest BCUT2D eigenvalue weighted by Crippen LogP contribution is -2.57. The Bertz CT molecular complexity index is 585. The lowest BCUT2D eigenvalue weighted by molar-refractivity contribution is -0.129. The molecule has 1 aromatic carbocycles. The maximum absolute atomic E-state index is 12.3. The van der Waals surface area contributed by atoms with Crippen LogP contribution in [0.4, 0.5) is 10.5 Å². The van der Waals surface area contributed by atoms with Gasteiger partial charge in [-0.2, -0.15) is 0 Å². The van der Waals surface area contributed by atoms with Crippen molar-refractivity contribution in [1.82, 2.24) is 10.2 Å². The van der Waals surface area contributed by atoms with E-state index in [1.54, 1.807) is 18.9 Å². The van der Waals surface area contributed by atoms with Gasteiger partial charge in [0.05, 0.1) is 12.1 Å². The van der Waals surface area contributed by atoms with E-state index in [1.165, 1.54) is 0 Å². The Morgan fingerprint density at radius 3 is 2.62 bits per heavy atom. The van der Waals surface area contributed by atoms with Gasteiger partial charge in [0.1, 0.15) is 0 Å². The maximum atomic E-state index is 12.3. The van der Waals surface area contributed by atoms with Gasteiger partial charge in [-0.1, -0.05) is 12.1 Å². The van der Waals surface area contributed by atoms with Crippen molar-refractivity contribution in [2.24, 2.45) is 0 Å². The Kier molecular flexibility index (Phi) is 6.20. The molecule has 1 aromatic rings.